The van der Waals surface area contributed by atoms with Crippen molar-refractivity contribution in [2.45, 2.75) is 32.7 Å². The van der Waals surface area contributed by atoms with E-state index in [0.29, 0.717) is 34.1 Å². The molecule has 11 heteroatoms. The van der Waals surface area contributed by atoms with Crippen LogP contribution in [0.4, 0.5) is 21.9 Å². The first-order valence-corrected chi connectivity index (χ1v) is 13.4. The number of urea groups is 1. The maximum Gasteiger partial charge on any atom is 0.323 e. The van der Waals surface area contributed by atoms with E-state index in [4.69, 9.17) is 4.74 Å². The third kappa shape index (κ3) is 6.86. The molecule has 208 valence electrons. The zero-order valence-electron chi connectivity index (χ0n) is 22.8. The first kappa shape index (κ1) is 26.9. The van der Waals surface area contributed by atoms with Crippen LogP contribution in [0.15, 0.2) is 67.1 Å². The maximum absolute atomic E-state index is 13.1. The maximum atomic E-state index is 13.1. The topological polar surface area (TPSA) is 118 Å². The van der Waals surface area contributed by atoms with Gasteiger partial charge in [-0.25, -0.2) is 9.48 Å². The Hall–Kier alpha value is -4.64. The third-order valence-electron chi connectivity index (χ3n) is 6.83. The van der Waals surface area contributed by atoms with Gasteiger partial charge in [0.15, 0.2) is 0 Å². The van der Waals surface area contributed by atoms with E-state index in [1.165, 1.54) is 19.3 Å². The van der Waals surface area contributed by atoms with Crippen LogP contribution in [0.3, 0.4) is 0 Å². The minimum atomic E-state index is -0.409. The van der Waals surface area contributed by atoms with Gasteiger partial charge in [-0.3, -0.25) is 9.48 Å². The van der Waals surface area contributed by atoms with E-state index in [2.05, 4.69) is 31.0 Å². The molecule has 3 amide bonds. The number of carbonyl (C=O) groups excluding carboxylic acids is 2. The predicted octanol–water partition coefficient (Wildman–Crippen LogP) is 4.77. The van der Waals surface area contributed by atoms with Crippen molar-refractivity contribution in [3.8, 4) is 11.4 Å². The second-order valence-corrected chi connectivity index (χ2v) is 9.78. The Morgan fingerprint density at radius 3 is 2.55 bits per heavy atom. The minimum Gasteiger partial charge on any atom is -0.497 e. The number of anilines is 3. The van der Waals surface area contributed by atoms with Crippen molar-refractivity contribution in [2.75, 3.05) is 42.7 Å². The van der Waals surface area contributed by atoms with Crippen molar-refractivity contribution in [3.63, 3.8) is 0 Å². The number of aryl methyl sites for hydroxylation is 1. The molecule has 4 aromatic rings. The van der Waals surface area contributed by atoms with Crippen LogP contribution in [0.2, 0.25) is 0 Å². The van der Waals surface area contributed by atoms with E-state index < -0.39 is 6.03 Å². The summed E-state index contributed by atoms with van der Waals surface area (Å²) in [6.45, 7) is 5.93. The highest BCUT2D eigenvalue weighted by atomic mass is 16.5. The van der Waals surface area contributed by atoms with Crippen molar-refractivity contribution in [1.29, 1.82) is 0 Å². The Balaban J connectivity index is 1.19. The summed E-state index contributed by atoms with van der Waals surface area (Å²) in [4.78, 5) is 28.0. The Kier molecular flexibility index (Phi) is 8.41. The fourth-order valence-corrected chi connectivity index (χ4v) is 4.69. The zero-order valence-corrected chi connectivity index (χ0v) is 22.8. The van der Waals surface area contributed by atoms with Gasteiger partial charge in [0.1, 0.15) is 5.75 Å². The van der Waals surface area contributed by atoms with E-state index in [9.17, 15) is 9.59 Å². The van der Waals surface area contributed by atoms with Crippen LogP contribution < -0.4 is 20.7 Å². The molecule has 0 bridgehead atoms. The highest BCUT2D eigenvalue weighted by molar-refractivity contribution is 6.04. The molecule has 40 heavy (non-hydrogen) atoms. The van der Waals surface area contributed by atoms with Gasteiger partial charge < -0.3 is 25.6 Å². The summed E-state index contributed by atoms with van der Waals surface area (Å²) in [5.74, 6) is 0.412. The first-order chi connectivity index (χ1) is 19.5. The number of benzene rings is 2. The number of ether oxygens (including phenoxy) is 1. The number of hydrogen-bond acceptors (Lipinski definition) is 6. The molecule has 1 aliphatic rings. The van der Waals surface area contributed by atoms with Crippen molar-refractivity contribution < 1.29 is 14.3 Å². The molecular weight excluding hydrogens is 508 g/mol. The van der Waals surface area contributed by atoms with Crippen LogP contribution >= 0.6 is 0 Å². The number of hydrogen-bond donors (Lipinski definition) is 3. The standard InChI is InChI=1S/C29H34N8O3/c1-21-27(20-36(34-21)15-14-35-12-4-3-5-13-35)33-28(38)22-8-6-10-25(16-22)37-19-24(18-30-37)32-29(39)31-23-9-7-11-26(17-23)40-2/h6-11,16-20H,3-5,12-15H2,1-2H3,(H,33,38)(H2,31,32,39). The van der Waals surface area contributed by atoms with E-state index in [0.717, 1.165) is 31.9 Å². The predicted molar refractivity (Wildman–Crippen MR) is 154 cm³/mol. The molecule has 1 fully saturated rings. The molecule has 1 aliphatic heterocycles. The summed E-state index contributed by atoms with van der Waals surface area (Å²) >= 11 is 0. The Bertz CT molecular complexity index is 1470. The minimum absolute atomic E-state index is 0.233. The van der Waals surface area contributed by atoms with Crippen molar-refractivity contribution in [2.24, 2.45) is 0 Å². The number of piperidine rings is 1. The lowest BCUT2D eigenvalue weighted by Gasteiger charge is -2.26. The molecule has 0 aliphatic carbocycles. The highest BCUT2D eigenvalue weighted by Gasteiger charge is 2.14. The number of methoxy groups -OCH3 is 1. The summed E-state index contributed by atoms with van der Waals surface area (Å²) in [5, 5.41) is 17.4. The molecule has 3 heterocycles. The van der Waals surface area contributed by atoms with E-state index in [-0.39, 0.29) is 5.91 Å². The van der Waals surface area contributed by atoms with Crippen molar-refractivity contribution in [1.82, 2.24) is 24.5 Å². The third-order valence-corrected chi connectivity index (χ3v) is 6.83. The van der Waals surface area contributed by atoms with E-state index >= 15 is 0 Å². The monoisotopic (exact) mass is 542 g/mol. The lowest BCUT2D eigenvalue weighted by Crippen LogP contribution is -2.32. The summed E-state index contributed by atoms with van der Waals surface area (Å²) in [5.41, 5.74) is 3.75. The van der Waals surface area contributed by atoms with Gasteiger partial charge in [-0.05, 0) is 63.2 Å². The molecule has 0 radical (unpaired) electrons. The number of rotatable bonds is 9. The van der Waals surface area contributed by atoms with Crippen LogP contribution in [0.1, 0.15) is 35.3 Å². The van der Waals surface area contributed by atoms with Crippen LogP contribution in [0, 0.1) is 6.92 Å². The number of carbonyl (C=O) groups is 2. The fraction of sp³-hybridized carbons (Fsp3) is 0.310. The molecule has 0 atom stereocenters. The van der Waals surface area contributed by atoms with Crippen molar-refractivity contribution >= 4 is 29.0 Å². The molecule has 0 saturated carbocycles. The van der Waals surface area contributed by atoms with Gasteiger partial charge in [-0.15, -0.1) is 0 Å². The number of amides is 3. The summed E-state index contributed by atoms with van der Waals surface area (Å²) in [7, 11) is 1.57. The van der Waals surface area contributed by atoms with Gasteiger partial charge in [0, 0.05) is 30.1 Å². The molecule has 2 aromatic heterocycles. The Labute approximate surface area is 233 Å². The smallest absolute Gasteiger partial charge is 0.323 e. The first-order valence-electron chi connectivity index (χ1n) is 13.4. The van der Waals surface area contributed by atoms with Crippen LogP contribution in [0.5, 0.6) is 5.75 Å². The molecular formula is C29H34N8O3. The highest BCUT2D eigenvalue weighted by Crippen LogP contribution is 2.19. The summed E-state index contributed by atoms with van der Waals surface area (Å²) in [6, 6.07) is 13.8. The van der Waals surface area contributed by atoms with Gasteiger partial charge in [-0.2, -0.15) is 10.2 Å². The number of aromatic nitrogens is 4. The number of likely N-dealkylation sites (tertiary alicyclic amines) is 1. The zero-order chi connectivity index (χ0) is 27.9. The van der Waals surface area contributed by atoms with Gasteiger partial charge in [0.05, 0.1) is 48.8 Å². The number of nitrogens with zero attached hydrogens (tertiary/aromatic N) is 5. The largest absolute Gasteiger partial charge is 0.497 e. The molecule has 5 rings (SSSR count). The fourth-order valence-electron chi connectivity index (χ4n) is 4.69. The summed E-state index contributed by atoms with van der Waals surface area (Å²) in [6.07, 6.45) is 8.94. The van der Waals surface area contributed by atoms with Gasteiger partial charge in [0.25, 0.3) is 5.91 Å². The molecule has 1 saturated heterocycles. The molecule has 0 unspecified atom stereocenters. The average Bonchev–Trinajstić information content (AvgIpc) is 3.58. The lowest BCUT2D eigenvalue weighted by atomic mass is 10.1. The van der Waals surface area contributed by atoms with Crippen molar-refractivity contribution in [3.05, 3.63) is 78.4 Å². The summed E-state index contributed by atoms with van der Waals surface area (Å²) < 4.78 is 8.69. The Morgan fingerprint density at radius 2 is 1.73 bits per heavy atom. The molecule has 3 N–H and O–H groups in total. The SMILES string of the molecule is COc1cccc(NC(=O)Nc2cnn(-c3cccc(C(=O)Nc4cn(CCN5CCCCC5)nc4C)c3)c2)c1. The van der Waals surface area contributed by atoms with Crippen LogP contribution in [0.25, 0.3) is 5.69 Å². The van der Waals surface area contributed by atoms with Crippen LogP contribution in [-0.4, -0.2) is 63.1 Å². The van der Waals surface area contributed by atoms with Gasteiger partial charge in [0.2, 0.25) is 0 Å². The molecule has 2 aromatic carbocycles. The molecule has 0 spiro atoms. The second kappa shape index (κ2) is 12.5. The average molecular weight is 543 g/mol. The quantitative estimate of drug-likeness (QED) is 0.280. The van der Waals surface area contributed by atoms with Gasteiger partial charge >= 0.3 is 6.03 Å². The molecule has 11 nitrogen and oxygen atoms in total. The van der Waals surface area contributed by atoms with E-state index in [1.54, 1.807) is 66.6 Å². The lowest BCUT2D eigenvalue weighted by molar-refractivity contribution is 0.102. The van der Waals surface area contributed by atoms with Crippen LogP contribution in [-0.2, 0) is 6.54 Å². The second-order valence-electron chi connectivity index (χ2n) is 9.78. The normalized spacial score (nSPS) is 13.6. The van der Waals surface area contributed by atoms with E-state index in [1.807, 2.05) is 23.9 Å². The van der Waals surface area contributed by atoms with Gasteiger partial charge in [-0.1, -0.05) is 18.6 Å². The Morgan fingerprint density at radius 1 is 0.925 bits per heavy atom. The number of nitrogens with one attached hydrogen (secondary N) is 3.